The summed E-state index contributed by atoms with van der Waals surface area (Å²) in [5, 5.41) is 9.25. The molecule has 1 amide bonds. The van der Waals surface area contributed by atoms with Crippen LogP contribution in [-0.4, -0.2) is 45.8 Å². The zero-order valence-electron chi connectivity index (χ0n) is 11.0. The molecule has 2 heterocycles. The highest BCUT2D eigenvalue weighted by Crippen LogP contribution is 2.30. The van der Waals surface area contributed by atoms with Crippen molar-refractivity contribution in [1.29, 1.82) is 0 Å². The van der Waals surface area contributed by atoms with Crippen LogP contribution in [0.1, 0.15) is 12.8 Å². The van der Waals surface area contributed by atoms with Gasteiger partial charge >= 0.3 is 0 Å². The number of aromatic nitrogens is 1. The maximum absolute atomic E-state index is 12.2. The Morgan fingerprint density at radius 1 is 1.50 bits per heavy atom. The fraction of sp³-hybridized carbons (Fsp3) is 0.429. The molecular formula is C14H16N2O2S2. The van der Waals surface area contributed by atoms with E-state index in [2.05, 4.69) is 4.98 Å². The van der Waals surface area contributed by atoms with Gasteiger partial charge in [0.05, 0.1) is 28.6 Å². The second kappa shape index (κ2) is 6.11. The minimum atomic E-state index is 0.0125. The third-order valence-corrected chi connectivity index (χ3v) is 5.67. The summed E-state index contributed by atoms with van der Waals surface area (Å²) in [5.74, 6) is 0.502. The summed E-state index contributed by atoms with van der Waals surface area (Å²) in [7, 11) is 0. The standard InChI is InChI=1S/C14H16N2O2S2/c17-8-10-4-3-7-16(10)13(18)9-19-14-15-11-5-1-2-6-12(11)20-14/h1-2,5-6,10,17H,3-4,7-9H2. The predicted molar refractivity (Wildman–Crippen MR) is 82.2 cm³/mol. The number of thioether (sulfide) groups is 1. The molecule has 4 nitrogen and oxygen atoms in total. The van der Waals surface area contributed by atoms with E-state index < -0.39 is 0 Å². The minimum absolute atomic E-state index is 0.0125. The van der Waals surface area contributed by atoms with E-state index in [0.29, 0.717) is 5.75 Å². The average molecular weight is 308 g/mol. The number of para-hydroxylation sites is 1. The van der Waals surface area contributed by atoms with Crippen molar-refractivity contribution in [3.8, 4) is 0 Å². The molecule has 0 aliphatic carbocycles. The highest BCUT2D eigenvalue weighted by Gasteiger charge is 2.27. The molecule has 0 radical (unpaired) electrons. The lowest BCUT2D eigenvalue weighted by atomic mass is 10.2. The molecule has 1 unspecified atom stereocenters. The van der Waals surface area contributed by atoms with Crippen molar-refractivity contribution in [2.45, 2.75) is 23.2 Å². The van der Waals surface area contributed by atoms with Gasteiger partial charge < -0.3 is 10.0 Å². The number of likely N-dealkylation sites (tertiary alicyclic amines) is 1. The second-order valence-corrected chi connectivity index (χ2v) is 7.06. The molecule has 1 aliphatic rings. The zero-order valence-corrected chi connectivity index (χ0v) is 12.6. The molecular weight excluding hydrogens is 292 g/mol. The van der Waals surface area contributed by atoms with E-state index in [0.717, 1.165) is 33.9 Å². The number of nitrogens with zero attached hydrogens (tertiary/aromatic N) is 2. The second-order valence-electron chi connectivity index (χ2n) is 4.80. The number of hydrogen-bond acceptors (Lipinski definition) is 5. The molecule has 106 valence electrons. The van der Waals surface area contributed by atoms with Crippen LogP contribution >= 0.6 is 23.1 Å². The Balaban J connectivity index is 1.62. The van der Waals surface area contributed by atoms with Gasteiger partial charge in [-0.15, -0.1) is 11.3 Å². The largest absolute Gasteiger partial charge is 0.394 e. The summed E-state index contributed by atoms with van der Waals surface area (Å²) in [6.07, 6.45) is 1.90. The zero-order chi connectivity index (χ0) is 13.9. The van der Waals surface area contributed by atoms with Crippen molar-refractivity contribution in [3.05, 3.63) is 24.3 Å². The topological polar surface area (TPSA) is 53.4 Å². The lowest BCUT2D eigenvalue weighted by molar-refractivity contribution is -0.129. The maximum atomic E-state index is 12.2. The number of aliphatic hydroxyl groups is 1. The highest BCUT2D eigenvalue weighted by molar-refractivity contribution is 8.01. The van der Waals surface area contributed by atoms with Crippen LogP contribution in [0.5, 0.6) is 0 Å². The van der Waals surface area contributed by atoms with E-state index >= 15 is 0 Å². The third kappa shape index (κ3) is 2.82. The molecule has 1 fully saturated rings. The van der Waals surface area contributed by atoms with Gasteiger partial charge in [-0.05, 0) is 25.0 Å². The van der Waals surface area contributed by atoms with E-state index in [1.165, 1.54) is 11.8 Å². The predicted octanol–water partition coefficient (Wildman–Crippen LogP) is 2.37. The number of thiazole rings is 1. The van der Waals surface area contributed by atoms with E-state index in [9.17, 15) is 9.90 Å². The first-order valence-corrected chi connectivity index (χ1v) is 8.47. The van der Waals surface area contributed by atoms with Crippen molar-refractivity contribution in [1.82, 2.24) is 9.88 Å². The van der Waals surface area contributed by atoms with Crippen LogP contribution in [0.4, 0.5) is 0 Å². The number of aliphatic hydroxyl groups excluding tert-OH is 1. The van der Waals surface area contributed by atoms with Crippen molar-refractivity contribution in [3.63, 3.8) is 0 Å². The maximum Gasteiger partial charge on any atom is 0.233 e. The fourth-order valence-corrected chi connectivity index (χ4v) is 4.43. The number of benzene rings is 1. The smallest absolute Gasteiger partial charge is 0.233 e. The van der Waals surface area contributed by atoms with E-state index in [1.807, 2.05) is 24.3 Å². The molecule has 1 aromatic heterocycles. The first-order valence-electron chi connectivity index (χ1n) is 6.66. The molecule has 0 spiro atoms. The molecule has 2 aromatic rings. The molecule has 1 N–H and O–H groups in total. The van der Waals surface area contributed by atoms with Gasteiger partial charge in [0.2, 0.25) is 5.91 Å². The molecule has 20 heavy (non-hydrogen) atoms. The van der Waals surface area contributed by atoms with Gasteiger partial charge in [0, 0.05) is 6.54 Å². The Morgan fingerprint density at radius 2 is 2.35 bits per heavy atom. The first-order chi connectivity index (χ1) is 9.78. The van der Waals surface area contributed by atoms with Crippen LogP contribution in [0, 0.1) is 0 Å². The van der Waals surface area contributed by atoms with Gasteiger partial charge in [-0.1, -0.05) is 23.9 Å². The molecule has 1 aromatic carbocycles. The number of carbonyl (C=O) groups is 1. The summed E-state index contributed by atoms with van der Waals surface area (Å²) < 4.78 is 2.08. The van der Waals surface area contributed by atoms with Gasteiger partial charge in [0.15, 0.2) is 4.34 Å². The summed E-state index contributed by atoms with van der Waals surface area (Å²) in [6, 6.07) is 8.01. The van der Waals surface area contributed by atoms with Gasteiger partial charge in [-0.3, -0.25) is 4.79 Å². The van der Waals surface area contributed by atoms with Crippen molar-refractivity contribution < 1.29 is 9.90 Å². The van der Waals surface area contributed by atoms with Crippen molar-refractivity contribution in [2.24, 2.45) is 0 Å². The van der Waals surface area contributed by atoms with E-state index in [-0.39, 0.29) is 18.6 Å². The van der Waals surface area contributed by atoms with Crippen LogP contribution < -0.4 is 0 Å². The van der Waals surface area contributed by atoms with Crippen LogP contribution in [0.3, 0.4) is 0 Å². The number of hydrogen-bond donors (Lipinski definition) is 1. The summed E-state index contributed by atoms with van der Waals surface area (Å²) in [4.78, 5) is 18.5. The quantitative estimate of drug-likeness (QED) is 0.881. The molecule has 6 heteroatoms. The molecule has 0 saturated carbocycles. The number of carbonyl (C=O) groups excluding carboxylic acids is 1. The SMILES string of the molecule is O=C(CSc1nc2ccccc2s1)N1CCCC1CO. The molecule has 1 aliphatic heterocycles. The summed E-state index contributed by atoms with van der Waals surface area (Å²) >= 11 is 3.11. The van der Waals surface area contributed by atoms with Gasteiger partial charge in [-0.25, -0.2) is 4.98 Å². The minimum Gasteiger partial charge on any atom is -0.394 e. The number of rotatable bonds is 4. The van der Waals surface area contributed by atoms with Crippen molar-refractivity contribution in [2.75, 3.05) is 18.9 Å². The fourth-order valence-electron chi connectivity index (χ4n) is 2.47. The van der Waals surface area contributed by atoms with Gasteiger partial charge in [-0.2, -0.15) is 0 Å². The van der Waals surface area contributed by atoms with Crippen LogP contribution in [0.2, 0.25) is 0 Å². The Hall–Kier alpha value is -1.11. The first kappa shape index (κ1) is 13.9. The monoisotopic (exact) mass is 308 g/mol. The summed E-state index contributed by atoms with van der Waals surface area (Å²) in [5.41, 5.74) is 0.988. The number of amides is 1. The molecule has 1 saturated heterocycles. The Labute approximate surface area is 125 Å². The molecule has 0 bridgehead atoms. The van der Waals surface area contributed by atoms with Crippen LogP contribution in [0.15, 0.2) is 28.6 Å². The Morgan fingerprint density at radius 3 is 3.15 bits per heavy atom. The van der Waals surface area contributed by atoms with Crippen LogP contribution in [0.25, 0.3) is 10.2 Å². The van der Waals surface area contributed by atoms with Gasteiger partial charge in [0.25, 0.3) is 0 Å². The Bertz CT molecular complexity index is 581. The Kier molecular flexibility index (Phi) is 4.24. The average Bonchev–Trinajstić information content (AvgIpc) is 3.10. The van der Waals surface area contributed by atoms with Crippen molar-refractivity contribution >= 4 is 39.2 Å². The lowest BCUT2D eigenvalue weighted by Crippen LogP contribution is -2.38. The van der Waals surface area contributed by atoms with E-state index in [4.69, 9.17) is 0 Å². The molecule has 3 rings (SSSR count). The normalized spacial score (nSPS) is 18.9. The van der Waals surface area contributed by atoms with Gasteiger partial charge in [0.1, 0.15) is 0 Å². The number of fused-ring (bicyclic) bond motifs is 1. The lowest BCUT2D eigenvalue weighted by Gasteiger charge is -2.22. The van der Waals surface area contributed by atoms with Crippen LogP contribution in [-0.2, 0) is 4.79 Å². The third-order valence-electron chi connectivity index (χ3n) is 3.50. The highest BCUT2D eigenvalue weighted by atomic mass is 32.2. The molecule has 1 atom stereocenters. The summed E-state index contributed by atoms with van der Waals surface area (Å²) in [6.45, 7) is 0.835. The van der Waals surface area contributed by atoms with E-state index in [1.54, 1.807) is 16.2 Å².